The first-order valence-electron chi connectivity index (χ1n) is 9.73. The van der Waals surface area contributed by atoms with E-state index in [0.29, 0.717) is 24.3 Å². The molecule has 1 N–H and O–H groups in total. The van der Waals surface area contributed by atoms with Crippen LogP contribution in [0.5, 0.6) is 5.75 Å². The SMILES string of the molecule is Cc1ccc([C@@H]2CCC3(C2)CN(C(=O)C2CC(C)(O)C2)C3)cc1OC(F)F. The highest BCUT2D eigenvalue weighted by Gasteiger charge is 2.53. The molecule has 6 heteroatoms. The molecular formula is C21H27F2NO3. The standard InChI is InChI=1S/C21H27F2NO3/c1-13-3-4-14(7-17(13)27-19(22)23)15-5-6-21(10-15)11-24(12-21)18(25)16-8-20(2,26)9-16/h3-4,7,15-16,19,26H,5-6,8-12H2,1-2H3/t15-,16?,20?/m1/s1. The van der Waals surface area contributed by atoms with E-state index in [1.54, 1.807) is 19.9 Å². The van der Waals surface area contributed by atoms with Gasteiger partial charge in [-0.05, 0) is 69.1 Å². The number of benzene rings is 1. The Kier molecular flexibility index (Phi) is 4.45. The van der Waals surface area contributed by atoms with Gasteiger partial charge in [0.1, 0.15) is 5.75 Å². The summed E-state index contributed by atoms with van der Waals surface area (Å²) in [7, 11) is 0. The molecule has 1 amide bonds. The Morgan fingerprint density at radius 2 is 2.00 bits per heavy atom. The van der Waals surface area contributed by atoms with Gasteiger partial charge in [0.15, 0.2) is 0 Å². The van der Waals surface area contributed by atoms with Crippen molar-refractivity contribution in [3.05, 3.63) is 29.3 Å². The molecule has 0 bridgehead atoms. The number of aryl methyl sites for hydroxylation is 1. The van der Waals surface area contributed by atoms with Crippen molar-refractivity contribution < 1.29 is 23.4 Å². The summed E-state index contributed by atoms with van der Waals surface area (Å²) in [6.07, 6.45) is 4.18. The van der Waals surface area contributed by atoms with E-state index in [9.17, 15) is 18.7 Å². The second-order valence-corrected chi connectivity index (χ2v) is 9.14. The molecule has 1 aromatic rings. The van der Waals surface area contributed by atoms with Crippen LogP contribution < -0.4 is 4.74 Å². The fourth-order valence-electron chi connectivity index (χ4n) is 5.23. The molecule has 4 nitrogen and oxygen atoms in total. The van der Waals surface area contributed by atoms with Crippen LogP contribution >= 0.6 is 0 Å². The second kappa shape index (κ2) is 6.43. The van der Waals surface area contributed by atoms with Gasteiger partial charge in [0.05, 0.1) is 5.60 Å². The zero-order chi connectivity index (χ0) is 19.4. The van der Waals surface area contributed by atoms with Gasteiger partial charge in [-0.15, -0.1) is 0 Å². The van der Waals surface area contributed by atoms with Gasteiger partial charge < -0.3 is 14.7 Å². The zero-order valence-corrected chi connectivity index (χ0v) is 15.9. The Labute approximate surface area is 158 Å². The van der Waals surface area contributed by atoms with Gasteiger partial charge in [-0.1, -0.05) is 12.1 Å². The lowest BCUT2D eigenvalue weighted by Gasteiger charge is -2.52. The van der Waals surface area contributed by atoms with Crippen molar-refractivity contribution in [3.8, 4) is 5.75 Å². The summed E-state index contributed by atoms with van der Waals surface area (Å²) < 4.78 is 29.8. The van der Waals surface area contributed by atoms with Crippen LogP contribution in [0, 0.1) is 18.3 Å². The van der Waals surface area contributed by atoms with E-state index in [1.165, 1.54) is 0 Å². The predicted octanol–water partition coefficient (Wildman–Crippen LogP) is 3.85. The lowest BCUT2D eigenvalue weighted by molar-refractivity contribution is -0.161. The Morgan fingerprint density at radius 1 is 1.30 bits per heavy atom. The lowest BCUT2D eigenvalue weighted by Crippen LogP contribution is -2.61. The van der Waals surface area contributed by atoms with E-state index in [1.807, 2.05) is 17.0 Å². The number of aliphatic hydroxyl groups is 1. The van der Waals surface area contributed by atoms with Crippen molar-refractivity contribution in [3.63, 3.8) is 0 Å². The Balaban J connectivity index is 1.35. The summed E-state index contributed by atoms with van der Waals surface area (Å²) in [5.41, 5.74) is 1.25. The van der Waals surface area contributed by atoms with E-state index < -0.39 is 12.2 Å². The summed E-state index contributed by atoms with van der Waals surface area (Å²) in [6, 6.07) is 5.61. The fourth-order valence-corrected chi connectivity index (χ4v) is 5.23. The predicted molar refractivity (Wildman–Crippen MR) is 96.8 cm³/mol. The number of carbonyl (C=O) groups excluding carboxylic acids is 1. The minimum absolute atomic E-state index is 0.0271. The first-order chi connectivity index (χ1) is 12.7. The number of likely N-dealkylation sites (tertiary alicyclic amines) is 1. The number of nitrogens with zero attached hydrogens (tertiary/aromatic N) is 1. The number of halogens is 2. The molecular weight excluding hydrogens is 352 g/mol. The van der Waals surface area contributed by atoms with Crippen LogP contribution in [0.2, 0.25) is 0 Å². The van der Waals surface area contributed by atoms with Crippen molar-refractivity contribution in [2.75, 3.05) is 13.1 Å². The third-order valence-electron chi connectivity index (χ3n) is 6.69. The maximum Gasteiger partial charge on any atom is 0.387 e. The maximum atomic E-state index is 12.6. The molecule has 148 valence electrons. The molecule has 2 aliphatic carbocycles. The molecule has 1 aromatic carbocycles. The van der Waals surface area contributed by atoms with Crippen LogP contribution in [0.25, 0.3) is 0 Å². The summed E-state index contributed by atoms with van der Waals surface area (Å²) in [4.78, 5) is 14.4. The largest absolute Gasteiger partial charge is 0.435 e. The quantitative estimate of drug-likeness (QED) is 0.864. The summed E-state index contributed by atoms with van der Waals surface area (Å²) >= 11 is 0. The van der Waals surface area contributed by atoms with E-state index >= 15 is 0 Å². The molecule has 1 heterocycles. The molecule has 1 atom stereocenters. The number of hydrogen-bond donors (Lipinski definition) is 1. The number of ether oxygens (including phenoxy) is 1. The van der Waals surface area contributed by atoms with Crippen molar-refractivity contribution in [1.82, 2.24) is 4.90 Å². The van der Waals surface area contributed by atoms with Crippen LogP contribution in [0.15, 0.2) is 18.2 Å². The number of rotatable bonds is 4. The van der Waals surface area contributed by atoms with Crippen molar-refractivity contribution in [2.45, 2.75) is 64.1 Å². The van der Waals surface area contributed by atoms with Crippen LogP contribution in [0.3, 0.4) is 0 Å². The van der Waals surface area contributed by atoms with Gasteiger partial charge in [0.25, 0.3) is 0 Å². The van der Waals surface area contributed by atoms with Crippen LogP contribution in [0.1, 0.15) is 56.1 Å². The van der Waals surface area contributed by atoms with Gasteiger partial charge >= 0.3 is 6.61 Å². The average Bonchev–Trinajstić information content (AvgIpc) is 2.98. The minimum atomic E-state index is -2.81. The topological polar surface area (TPSA) is 49.8 Å². The fraction of sp³-hybridized carbons (Fsp3) is 0.667. The van der Waals surface area contributed by atoms with Gasteiger partial charge in [0.2, 0.25) is 5.91 Å². The second-order valence-electron chi connectivity index (χ2n) is 9.14. The lowest BCUT2D eigenvalue weighted by atomic mass is 9.69. The molecule has 4 rings (SSSR count). The summed E-state index contributed by atoms with van der Waals surface area (Å²) in [5.74, 6) is 0.734. The summed E-state index contributed by atoms with van der Waals surface area (Å²) in [5, 5.41) is 9.84. The summed E-state index contributed by atoms with van der Waals surface area (Å²) in [6.45, 7) is 2.31. The van der Waals surface area contributed by atoms with E-state index in [4.69, 9.17) is 0 Å². The van der Waals surface area contributed by atoms with Crippen molar-refractivity contribution >= 4 is 5.91 Å². The molecule has 1 aliphatic heterocycles. The third-order valence-corrected chi connectivity index (χ3v) is 6.69. The molecule has 0 radical (unpaired) electrons. The van der Waals surface area contributed by atoms with Crippen molar-refractivity contribution in [2.24, 2.45) is 11.3 Å². The molecule has 3 fully saturated rings. The highest BCUT2D eigenvalue weighted by molar-refractivity contribution is 5.81. The van der Waals surface area contributed by atoms with Crippen molar-refractivity contribution in [1.29, 1.82) is 0 Å². The molecule has 1 saturated heterocycles. The number of carbonyl (C=O) groups is 1. The Morgan fingerprint density at radius 3 is 2.63 bits per heavy atom. The molecule has 0 unspecified atom stereocenters. The first-order valence-corrected chi connectivity index (χ1v) is 9.73. The van der Waals surface area contributed by atoms with Gasteiger partial charge in [-0.2, -0.15) is 8.78 Å². The number of amides is 1. The maximum absolute atomic E-state index is 12.6. The monoisotopic (exact) mass is 379 g/mol. The van der Waals surface area contributed by atoms with Crippen LogP contribution in [0.4, 0.5) is 8.78 Å². The zero-order valence-electron chi connectivity index (χ0n) is 15.9. The van der Waals surface area contributed by atoms with E-state index in [-0.39, 0.29) is 23.0 Å². The third kappa shape index (κ3) is 3.56. The highest BCUT2D eigenvalue weighted by atomic mass is 19.3. The first kappa shape index (κ1) is 18.7. The molecule has 0 aromatic heterocycles. The minimum Gasteiger partial charge on any atom is -0.435 e. The van der Waals surface area contributed by atoms with E-state index in [2.05, 4.69) is 4.74 Å². The van der Waals surface area contributed by atoms with Gasteiger partial charge in [-0.3, -0.25) is 4.79 Å². The number of alkyl halides is 2. The Bertz CT molecular complexity index is 735. The molecule has 27 heavy (non-hydrogen) atoms. The molecule has 1 spiro atoms. The number of hydrogen-bond acceptors (Lipinski definition) is 3. The van der Waals surface area contributed by atoms with Crippen LogP contribution in [-0.4, -0.2) is 41.2 Å². The Hall–Kier alpha value is -1.69. The molecule has 2 saturated carbocycles. The smallest absolute Gasteiger partial charge is 0.387 e. The van der Waals surface area contributed by atoms with Gasteiger partial charge in [-0.25, -0.2) is 0 Å². The van der Waals surface area contributed by atoms with Crippen LogP contribution in [-0.2, 0) is 4.79 Å². The normalized spacial score (nSPS) is 31.7. The molecule has 3 aliphatic rings. The average molecular weight is 379 g/mol. The van der Waals surface area contributed by atoms with E-state index in [0.717, 1.165) is 37.9 Å². The van der Waals surface area contributed by atoms with Gasteiger partial charge in [0, 0.05) is 24.4 Å². The highest BCUT2D eigenvalue weighted by Crippen LogP contribution is 2.53.